The molecule has 1 aromatic heterocycles. The highest BCUT2D eigenvalue weighted by Gasteiger charge is 2.44. The lowest BCUT2D eigenvalue weighted by molar-refractivity contribution is 0.527. The van der Waals surface area contributed by atoms with Gasteiger partial charge in [-0.1, -0.05) is 12.1 Å². The molecule has 8 heteroatoms. The van der Waals surface area contributed by atoms with Crippen molar-refractivity contribution >= 4 is 26.8 Å². The number of rotatable bonds is 4. The lowest BCUT2D eigenvalue weighted by atomic mass is 9.98. The van der Waals surface area contributed by atoms with Crippen LogP contribution in [-0.4, -0.2) is 13.0 Å². The van der Waals surface area contributed by atoms with E-state index in [1.54, 1.807) is 31.3 Å². The van der Waals surface area contributed by atoms with Crippen LogP contribution >= 0.6 is 0 Å². The third-order valence-electron chi connectivity index (χ3n) is 4.73. The summed E-state index contributed by atoms with van der Waals surface area (Å²) in [6.07, 6.45) is 1.66. The minimum absolute atomic E-state index is 0.000820. The first-order valence-electron chi connectivity index (χ1n) is 7.99. The average Bonchev–Trinajstić information content (AvgIpc) is 3.37. The summed E-state index contributed by atoms with van der Waals surface area (Å²) >= 11 is 0. The van der Waals surface area contributed by atoms with E-state index in [-0.39, 0.29) is 10.5 Å². The van der Waals surface area contributed by atoms with E-state index >= 15 is 0 Å². The fourth-order valence-corrected chi connectivity index (χ4v) is 4.02. The number of hydrogen-bond acceptors (Lipinski definition) is 5. The zero-order chi connectivity index (χ0) is 18.5. The SMILES string of the molecule is Cn1c(=O)oc2cc(S(=O)(=O)Nc3ccc(C4(C#N)CC4)cc3)ccc21. The summed E-state index contributed by atoms with van der Waals surface area (Å²) < 4.78 is 34.0. The molecule has 2 aromatic carbocycles. The van der Waals surface area contributed by atoms with Gasteiger partial charge in [-0.3, -0.25) is 9.29 Å². The molecule has 0 atom stereocenters. The summed E-state index contributed by atoms with van der Waals surface area (Å²) in [7, 11) is -2.28. The van der Waals surface area contributed by atoms with Gasteiger partial charge in [-0.15, -0.1) is 0 Å². The second kappa shape index (κ2) is 5.47. The van der Waals surface area contributed by atoms with Crippen molar-refractivity contribution in [3.63, 3.8) is 0 Å². The van der Waals surface area contributed by atoms with Crippen LogP contribution in [0.15, 0.2) is 56.6 Å². The van der Waals surface area contributed by atoms with Crippen LogP contribution < -0.4 is 10.5 Å². The van der Waals surface area contributed by atoms with Crippen LogP contribution in [0.2, 0.25) is 0 Å². The van der Waals surface area contributed by atoms with Crippen molar-refractivity contribution in [3.8, 4) is 6.07 Å². The number of sulfonamides is 1. The standard InChI is InChI=1S/C18H15N3O4S/c1-21-15-7-6-14(10-16(15)25-17(21)22)26(23,24)20-13-4-2-12(3-5-13)18(11-19)8-9-18/h2-7,10,20H,8-9H2,1H3. The van der Waals surface area contributed by atoms with Crippen LogP contribution in [0.1, 0.15) is 18.4 Å². The Balaban J connectivity index is 1.63. The molecule has 7 nitrogen and oxygen atoms in total. The van der Waals surface area contributed by atoms with Crippen LogP contribution in [0.3, 0.4) is 0 Å². The normalized spacial score (nSPS) is 15.5. The highest BCUT2D eigenvalue weighted by Crippen LogP contribution is 2.47. The topological polar surface area (TPSA) is 105 Å². The molecule has 0 radical (unpaired) electrons. The first-order chi connectivity index (χ1) is 12.3. The van der Waals surface area contributed by atoms with Crippen LogP contribution in [0, 0.1) is 11.3 Å². The van der Waals surface area contributed by atoms with Gasteiger partial charge in [0, 0.05) is 18.8 Å². The van der Waals surface area contributed by atoms with Gasteiger partial charge in [0.15, 0.2) is 5.58 Å². The minimum Gasteiger partial charge on any atom is -0.408 e. The van der Waals surface area contributed by atoms with Crippen LogP contribution in [0.5, 0.6) is 0 Å². The van der Waals surface area contributed by atoms with E-state index in [1.807, 2.05) is 0 Å². The number of aromatic nitrogens is 1. The maximum Gasteiger partial charge on any atom is 0.419 e. The van der Waals surface area contributed by atoms with Gasteiger partial charge in [-0.05, 0) is 42.7 Å². The third-order valence-corrected chi connectivity index (χ3v) is 6.11. The highest BCUT2D eigenvalue weighted by molar-refractivity contribution is 7.92. The molecule has 1 saturated carbocycles. The molecule has 0 bridgehead atoms. The summed E-state index contributed by atoms with van der Waals surface area (Å²) in [5, 5.41) is 9.23. The number of hydrogen-bond donors (Lipinski definition) is 1. The van der Waals surface area contributed by atoms with Crippen molar-refractivity contribution in [1.82, 2.24) is 4.57 Å². The van der Waals surface area contributed by atoms with E-state index < -0.39 is 21.2 Å². The Bertz CT molecular complexity index is 1210. The minimum atomic E-state index is -3.83. The maximum atomic E-state index is 12.6. The molecule has 0 amide bonds. The third kappa shape index (κ3) is 2.57. The summed E-state index contributed by atoms with van der Waals surface area (Å²) in [6, 6.07) is 13.4. The molecule has 1 N–H and O–H groups in total. The van der Waals surface area contributed by atoms with Crippen molar-refractivity contribution in [3.05, 3.63) is 58.6 Å². The predicted molar refractivity (Wildman–Crippen MR) is 95.2 cm³/mol. The smallest absolute Gasteiger partial charge is 0.408 e. The van der Waals surface area contributed by atoms with Gasteiger partial charge in [0.1, 0.15) is 0 Å². The van der Waals surface area contributed by atoms with E-state index in [1.165, 1.54) is 22.8 Å². The van der Waals surface area contributed by atoms with E-state index in [0.29, 0.717) is 11.2 Å². The number of anilines is 1. The van der Waals surface area contributed by atoms with Gasteiger partial charge in [0.2, 0.25) is 0 Å². The molecule has 1 aliphatic carbocycles. The van der Waals surface area contributed by atoms with Gasteiger partial charge in [0.05, 0.1) is 21.9 Å². The van der Waals surface area contributed by atoms with Crippen molar-refractivity contribution in [2.45, 2.75) is 23.2 Å². The lowest BCUT2D eigenvalue weighted by Gasteiger charge is -2.10. The van der Waals surface area contributed by atoms with Crippen LogP contribution in [-0.2, 0) is 22.5 Å². The molecule has 0 saturated heterocycles. The van der Waals surface area contributed by atoms with Crippen molar-refractivity contribution < 1.29 is 12.8 Å². The van der Waals surface area contributed by atoms with Crippen molar-refractivity contribution in [1.29, 1.82) is 5.26 Å². The maximum absolute atomic E-state index is 12.6. The second-order valence-corrected chi connectivity index (χ2v) is 8.12. The average molecular weight is 369 g/mol. The second-order valence-electron chi connectivity index (χ2n) is 6.43. The number of oxazole rings is 1. The van der Waals surface area contributed by atoms with Gasteiger partial charge in [-0.2, -0.15) is 5.26 Å². The summed E-state index contributed by atoms with van der Waals surface area (Å²) in [5.74, 6) is -0.551. The molecule has 0 spiro atoms. The molecule has 1 aliphatic rings. The quantitative estimate of drug-likeness (QED) is 0.761. The zero-order valence-corrected chi connectivity index (χ0v) is 14.7. The first kappa shape index (κ1) is 16.4. The van der Waals surface area contributed by atoms with E-state index in [2.05, 4.69) is 10.8 Å². The molecule has 0 aliphatic heterocycles. The monoisotopic (exact) mass is 369 g/mol. The molecule has 1 heterocycles. The van der Waals surface area contributed by atoms with E-state index in [4.69, 9.17) is 4.42 Å². The molecule has 26 heavy (non-hydrogen) atoms. The summed E-state index contributed by atoms with van der Waals surface area (Å²) in [6.45, 7) is 0. The van der Waals surface area contributed by atoms with E-state index in [0.717, 1.165) is 18.4 Å². The Kier molecular flexibility index (Phi) is 3.46. The van der Waals surface area contributed by atoms with Gasteiger partial charge in [-0.25, -0.2) is 13.2 Å². The molecular formula is C18H15N3O4S. The predicted octanol–water partition coefficient (Wildman–Crippen LogP) is 2.49. The number of nitrogens with one attached hydrogen (secondary N) is 1. The number of aryl methyl sites for hydroxylation is 1. The molecule has 132 valence electrons. The Morgan fingerprint density at radius 3 is 2.50 bits per heavy atom. The number of nitrogens with zero attached hydrogens (tertiary/aromatic N) is 2. The summed E-state index contributed by atoms with van der Waals surface area (Å²) in [4.78, 5) is 11.5. The highest BCUT2D eigenvalue weighted by atomic mass is 32.2. The Labute approximate surface area is 149 Å². The number of fused-ring (bicyclic) bond motifs is 1. The lowest BCUT2D eigenvalue weighted by Crippen LogP contribution is -2.13. The zero-order valence-electron chi connectivity index (χ0n) is 13.9. The largest absolute Gasteiger partial charge is 0.419 e. The van der Waals surface area contributed by atoms with E-state index in [9.17, 15) is 18.5 Å². The van der Waals surface area contributed by atoms with Crippen molar-refractivity contribution in [2.75, 3.05) is 4.72 Å². The number of benzene rings is 2. The fourth-order valence-electron chi connectivity index (χ4n) is 2.94. The molecule has 3 aromatic rings. The Morgan fingerprint density at radius 1 is 1.19 bits per heavy atom. The van der Waals surface area contributed by atoms with Gasteiger partial charge >= 0.3 is 5.76 Å². The molecule has 0 unspecified atom stereocenters. The Hall–Kier alpha value is -3.05. The van der Waals surface area contributed by atoms with Crippen LogP contribution in [0.4, 0.5) is 5.69 Å². The number of nitriles is 1. The van der Waals surface area contributed by atoms with Crippen LogP contribution in [0.25, 0.3) is 11.1 Å². The summed E-state index contributed by atoms with van der Waals surface area (Å²) in [5.41, 5.74) is 1.62. The Morgan fingerprint density at radius 2 is 1.88 bits per heavy atom. The van der Waals surface area contributed by atoms with Gasteiger partial charge in [0.25, 0.3) is 10.0 Å². The van der Waals surface area contributed by atoms with Gasteiger partial charge < -0.3 is 4.42 Å². The fraction of sp³-hybridized carbons (Fsp3) is 0.222. The van der Waals surface area contributed by atoms with Crippen molar-refractivity contribution in [2.24, 2.45) is 7.05 Å². The molecular weight excluding hydrogens is 354 g/mol. The molecule has 1 fully saturated rings. The molecule has 4 rings (SSSR count). The first-order valence-corrected chi connectivity index (χ1v) is 9.47.